The van der Waals surface area contributed by atoms with Crippen LogP contribution in [0.3, 0.4) is 0 Å². The second-order valence-corrected chi connectivity index (χ2v) is 11.1. The number of hydrogen-bond acceptors (Lipinski definition) is 4. The van der Waals surface area contributed by atoms with E-state index in [9.17, 15) is 5.26 Å². The molecule has 0 spiro atoms. The van der Waals surface area contributed by atoms with Gasteiger partial charge >= 0.3 is 0 Å². The second kappa shape index (κ2) is 10.8. The summed E-state index contributed by atoms with van der Waals surface area (Å²) >= 11 is 0. The third-order valence-electron chi connectivity index (χ3n) is 8.66. The Labute approximate surface area is 262 Å². The summed E-state index contributed by atoms with van der Waals surface area (Å²) in [5.74, 6) is 1.76. The number of aromatic nitrogens is 3. The van der Waals surface area contributed by atoms with E-state index in [0.29, 0.717) is 23.0 Å². The Kier molecular flexibility index (Phi) is 6.36. The molecular formula is C41H26N4. The summed E-state index contributed by atoms with van der Waals surface area (Å²) in [6, 6.07) is 56.3. The van der Waals surface area contributed by atoms with Crippen molar-refractivity contribution in [2.45, 2.75) is 5.41 Å². The molecule has 0 bridgehead atoms. The maximum Gasteiger partial charge on any atom is 0.164 e. The molecule has 1 aliphatic carbocycles. The first-order valence-corrected chi connectivity index (χ1v) is 14.9. The highest BCUT2D eigenvalue weighted by Gasteiger charge is 2.46. The van der Waals surface area contributed by atoms with Crippen LogP contribution in [-0.4, -0.2) is 15.0 Å². The van der Waals surface area contributed by atoms with Gasteiger partial charge in [0.1, 0.15) is 0 Å². The number of fused-ring (bicyclic) bond motifs is 3. The molecule has 0 radical (unpaired) electrons. The smallest absolute Gasteiger partial charge is 0.164 e. The summed E-state index contributed by atoms with van der Waals surface area (Å²) in [5.41, 5.74) is 9.88. The Morgan fingerprint density at radius 1 is 0.422 bits per heavy atom. The predicted molar refractivity (Wildman–Crippen MR) is 178 cm³/mol. The number of benzene rings is 6. The van der Waals surface area contributed by atoms with Gasteiger partial charge in [0.2, 0.25) is 0 Å². The minimum atomic E-state index is -0.518. The molecule has 4 heteroatoms. The number of nitriles is 1. The van der Waals surface area contributed by atoms with Crippen molar-refractivity contribution in [2.24, 2.45) is 0 Å². The Hall–Kier alpha value is -6.18. The molecule has 0 N–H and O–H groups in total. The maximum absolute atomic E-state index is 9.37. The highest BCUT2D eigenvalue weighted by atomic mass is 15.0. The number of nitrogens with zero attached hydrogens (tertiary/aromatic N) is 4. The van der Waals surface area contributed by atoms with E-state index in [1.807, 2.05) is 42.5 Å². The molecule has 1 aromatic heterocycles. The molecule has 45 heavy (non-hydrogen) atoms. The second-order valence-electron chi connectivity index (χ2n) is 11.1. The van der Waals surface area contributed by atoms with Gasteiger partial charge in [-0.15, -0.1) is 0 Å². The van der Waals surface area contributed by atoms with Gasteiger partial charge in [-0.3, -0.25) is 0 Å². The minimum Gasteiger partial charge on any atom is -0.208 e. The van der Waals surface area contributed by atoms with Crippen molar-refractivity contribution in [1.29, 1.82) is 5.26 Å². The molecule has 1 heterocycles. The van der Waals surface area contributed by atoms with Crippen molar-refractivity contribution in [3.63, 3.8) is 0 Å². The third kappa shape index (κ3) is 4.25. The van der Waals surface area contributed by atoms with Gasteiger partial charge in [0.05, 0.1) is 17.0 Å². The van der Waals surface area contributed by atoms with E-state index in [4.69, 9.17) is 15.0 Å². The van der Waals surface area contributed by atoms with Crippen LogP contribution in [0.15, 0.2) is 158 Å². The molecule has 0 saturated carbocycles. The van der Waals surface area contributed by atoms with E-state index in [1.165, 1.54) is 22.3 Å². The first-order valence-electron chi connectivity index (χ1n) is 14.9. The zero-order valence-corrected chi connectivity index (χ0v) is 24.3. The fourth-order valence-corrected chi connectivity index (χ4v) is 6.72. The van der Waals surface area contributed by atoms with Crippen LogP contribution in [0.25, 0.3) is 45.3 Å². The number of rotatable bonds is 5. The molecule has 8 rings (SSSR count). The monoisotopic (exact) mass is 574 g/mol. The Balaban J connectivity index is 1.43. The van der Waals surface area contributed by atoms with Gasteiger partial charge in [0, 0.05) is 16.7 Å². The third-order valence-corrected chi connectivity index (χ3v) is 8.66. The lowest BCUT2D eigenvalue weighted by Crippen LogP contribution is -2.28. The fourth-order valence-electron chi connectivity index (χ4n) is 6.72. The molecule has 7 aromatic rings. The van der Waals surface area contributed by atoms with Gasteiger partial charge in [0.15, 0.2) is 17.5 Å². The van der Waals surface area contributed by atoms with Crippen LogP contribution in [-0.2, 0) is 5.41 Å². The number of hydrogen-bond donors (Lipinski definition) is 0. The van der Waals surface area contributed by atoms with E-state index < -0.39 is 5.41 Å². The summed E-state index contributed by atoms with van der Waals surface area (Å²) in [6.07, 6.45) is 0. The average Bonchev–Trinajstić information content (AvgIpc) is 3.44. The molecule has 0 saturated heterocycles. The molecule has 0 fully saturated rings. The Bertz CT molecular complexity index is 2160. The van der Waals surface area contributed by atoms with Crippen LogP contribution in [0, 0.1) is 11.3 Å². The van der Waals surface area contributed by atoms with Crippen molar-refractivity contribution in [3.05, 3.63) is 186 Å². The first kappa shape index (κ1) is 26.4. The van der Waals surface area contributed by atoms with E-state index >= 15 is 0 Å². The van der Waals surface area contributed by atoms with Gasteiger partial charge < -0.3 is 0 Å². The molecule has 0 atom stereocenters. The van der Waals surface area contributed by atoms with Crippen LogP contribution in [0.4, 0.5) is 0 Å². The average molecular weight is 575 g/mol. The SMILES string of the molecule is N#Cc1ccc(-c2nc(-c3ccccc3)nc(-c3cccc4c3-c3ccccc3C4(c3ccccc3)c3ccccc3)n2)cc1. The zero-order valence-electron chi connectivity index (χ0n) is 24.3. The van der Waals surface area contributed by atoms with E-state index in [0.717, 1.165) is 27.8 Å². The lowest BCUT2D eigenvalue weighted by molar-refractivity contribution is 0.768. The highest BCUT2D eigenvalue weighted by Crippen LogP contribution is 2.57. The topological polar surface area (TPSA) is 62.5 Å². The Morgan fingerprint density at radius 2 is 0.911 bits per heavy atom. The fraction of sp³-hybridized carbons (Fsp3) is 0.0244. The van der Waals surface area contributed by atoms with Crippen molar-refractivity contribution >= 4 is 0 Å². The molecule has 6 aromatic carbocycles. The minimum absolute atomic E-state index is 0.518. The summed E-state index contributed by atoms with van der Waals surface area (Å²) in [4.78, 5) is 15.1. The normalized spacial score (nSPS) is 12.6. The summed E-state index contributed by atoms with van der Waals surface area (Å²) < 4.78 is 0. The standard InChI is InChI=1S/C41H26N4/c42-27-28-23-25-30(26-24-28)39-43-38(29-13-4-1-5-14-29)44-40(45-39)34-20-12-22-36-37(34)33-19-10-11-21-35(33)41(36,31-15-6-2-7-16-31)32-17-8-3-9-18-32/h1-26H. The maximum atomic E-state index is 9.37. The lowest BCUT2D eigenvalue weighted by atomic mass is 9.67. The highest BCUT2D eigenvalue weighted by molar-refractivity contribution is 5.94. The van der Waals surface area contributed by atoms with Crippen molar-refractivity contribution in [3.8, 4) is 51.4 Å². The first-order chi connectivity index (χ1) is 22.3. The van der Waals surface area contributed by atoms with Gasteiger partial charge in [-0.05, 0) is 57.6 Å². The Morgan fingerprint density at radius 3 is 1.53 bits per heavy atom. The van der Waals surface area contributed by atoms with Gasteiger partial charge in [-0.25, -0.2) is 15.0 Å². The van der Waals surface area contributed by atoms with Crippen LogP contribution in [0.2, 0.25) is 0 Å². The van der Waals surface area contributed by atoms with E-state index in [2.05, 4.69) is 109 Å². The zero-order chi connectivity index (χ0) is 30.2. The summed E-state index contributed by atoms with van der Waals surface area (Å²) in [7, 11) is 0. The van der Waals surface area contributed by atoms with E-state index in [1.54, 1.807) is 12.1 Å². The van der Waals surface area contributed by atoms with E-state index in [-0.39, 0.29) is 0 Å². The molecule has 0 aliphatic heterocycles. The molecule has 0 unspecified atom stereocenters. The quantitative estimate of drug-likeness (QED) is 0.206. The van der Waals surface area contributed by atoms with Gasteiger partial charge in [-0.2, -0.15) is 5.26 Å². The largest absolute Gasteiger partial charge is 0.208 e. The molecule has 4 nitrogen and oxygen atoms in total. The molecule has 1 aliphatic rings. The molecular weight excluding hydrogens is 548 g/mol. The summed E-state index contributed by atoms with van der Waals surface area (Å²) in [6.45, 7) is 0. The van der Waals surface area contributed by atoms with Crippen molar-refractivity contribution in [1.82, 2.24) is 15.0 Å². The van der Waals surface area contributed by atoms with Gasteiger partial charge in [-0.1, -0.05) is 133 Å². The van der Waals surface area contributed by atoms with Crippen molar-refractivity contribution in [2.75, 3.05) is 0 Å². The lowest BCUT2D eigenvalue weighted by Gasteiger charge is -2.33. The summed E-state index contributed by atoms with van der Waals surface area (Å²) in [5, 5.41) is 9.37. The van der Waals surface area contributed by atoms with Crippen molar-refractivity contribution < 1.29 is 0 Å². The molecule has 210 valence electrons. The van der Waals surface area contributed by atoms with Gasteiger partial charge in [0.25, 0.3) is 0 Å². The predicted octanol–water partition coefficient (Wildman–Crippen LogP) is 9.11. The van der Waals surface area contributed by atoms with Crippen LogP contribution in [0.1, 0.15) is 27.8 Å². The van der Waals surface area contributed by atoms with Crippen LogP contribution >= 0.6 is 0 Å². The van der Waals surface area contributed by atoms with Crippen LogP contribution in [0.5, 0.6) is 0 Å². The van der Waals surface area contributed by atoms with Crippen LogP contribution < -0.4 is 0 Å². The molecule has 0 amide bonds.